The molecule has 7 heteroatoms. The van der Waals surface area contributed by atoms with Gasteiger partial charge in [0.1, 0.15) is 11.6 Å². The molecule has 1 saturated carbocycles. The number of sulfone groups is 1. The van der Waals surface area contributed by atoms with Crippen molar-refractivity contribution in [3.8, 4) is 0 Å². The number of fused-ring (bicyclic) bond motifs is 1. The maximum absolute atomic E-state index is 14.6. The lowest BCUT2D eigenvalue weighted by Gasteiger charge is -2.18. The zero-order valence-corrected chi connectivity index (χ0v) is 16.2. The normalized spacial score (nSPS) is 16.0. The van der Waals surface area contributed by atoms with Crippen LogP contribution >= 0.6 is 11.6 Å². The lowest BCUT2D eigenvalue weighted by Crippen LogP contribution is -2.06. The molecule has 1 unspecified atom stereocenters. The third-order valence-electron chi connectivity index (χ3n) is 5.07. The molecular formula is C20H18ClF2NO2S. The van der Waals surface area contributed by atoms with E-state index in [4.69, 9.17) is 11.6 Å². The Balaban J connectivity index is 1.88. The molecule has 1 fully saturated rings. The number of rotatable bonds is 5. The predicted molar refractivity (Wildman–Crippen MR) is 103 cm³/mol. The van der Waals surface area contributed by atoms with Crippen molar-refractivity contribution in [2.24, 2.45) is 5.92 Å². The number of aromatic amines is 1. The summed E-state index contributed by atoms with van der Waals surface area (Å²) in [6.07, 6.45) is 4.78. The molecule has 0 saturated heterocycles. The minimum atomic E-state index is -3.40. The lowest BCUT2D eigenvalue weighted by atomic mass is 9.86. The molecule has 1 heterocycles. The van der Waals surface area contributed by atoms with Gasteiger partial charge in [-0.3, -0.25) is 0 Å². The molecule has 3 nitrogen and oxygen atoms in total. The number of H-pyrrole nitrogens is 1. The van der Waals surface area contributed by atoms with E-state index < -0.39 is 15.7 Å². The van der Waals surface area contributed by atoms with Gasteiger partial charge in [0.2, 0.25) is 0 Å². The van der Waals surface area contributed by atoms with E-state index in [9.17, 15) is 17.2 Å². The van der Waals surface area contributed by atoms with E-state index in [-0.39, 0.29) is 23.1 Å². The standard InChI is InChI=1S/C20H18ClF2NO2S/c1-27(25,26)10-16-17(22)7-6-13-15(9-24-20(13)16)19(11-2-3-11)14-5-4-12(21)8-18(14)23/h4-9,11,19,24H,2-3,10H2,1H3. The highest BCUT2D eigenvalue weighted by molar-refractivity contribution is 7.89. The van der Waals surface area contributed by atoms with E-state index in [1.54, 1.807) is 24.4 Å². The van der Waals surface area contributed by atoms with E-state index in [1.165, 1.54) is 12.1 Å². The fraction of sp³-hybridized carbons (Fsp3) is 0.300. The second-order valence-corrected chi connectivity index (χ2v) is 9.82. The summed E-state index contributed by atoms with van der Waals surface area (Å²) in [4.78, 5) is 3.03. The highest BCUT2D eigenvalue weighted by atomic mass is 35.5. The van der Waals surface area contributed by atoms with Gasteiger partial charge in [-0.05, 0) is 54.2 Å². The largest absolute Gasteiger partial charge is 0.361 e. The van der Waals surface area contributed by atoms with Crippen LogP contribution in [0.2, 0.25) is 5.02 Å². The first-order valence-electron chi connectivity index (χ1n) is 8.65. The molecule has 0 spiro atoms. The van der Waals surface area contributed by atoms with Crippen LogP contribution in [0.1, 0.15) is 35.4 Å². The van der Waals surface area contributed by atoms with Crippen molar-refractivity contribution in [2.75, 3.05) is 6.26 Å². The van der Waals surface area contributed by atoms with E-state index in [0.29, 0.717) is 22.0 Å². The molecule has 0 amide bonds. The molecule has 4 rings (SSSR count). The van der Waals surface area contributed by atoms with Gasteiger partial charge in [0.25, 0.3) is 0 Å². The Morgan fingerprint density at radius 1 is 1.15 bits per heavy atom. The Bertz CT molecular complexity index is 1140. The SMILES string of the molecule is CS(=O)(=O)Cc1c(F)ccc2c(C(c3ccc(Cl)cc3F)C3CC3)c[nH]c12. The van der Waals surface area contributed by atoms with Gasteiger partial charge in [-0.15, -0.1) is 0 Å². The maximum Gasteiger partial charge on any atom is 0.151 e. The average Bonchev–Trinajstić information content (AvgIpc) is 3.31. The molecule has 1 atom stereocenters. The molecule has 27 heavy (non-hydrogen) atoms. The summed E-state index contributed by atoms with van der Waals surface area (Å²) in [5.74, 6) is -1.22. The van der Waals surface area contributed by atoms with Gasteiger partial charge >= 0.3 is 0 Å². The molecule has 0 aliphatic heterocycles. The van der Waals surface area contributed by atoms with Gasteiger partial charge in [-0.1, -0.05) is 17.7 Å². The molecule has 1 N–H and O–H groups in total. The van der Waals surface area contributed by atoms with Crippen molar-refractivity contribution in [2.45, 2.75) is 24.5 Å². The number of aromatic nitrogens is 1. The molecule has 0 bridgehead atoms. The Morgan fingerprint density at radius 2 is 1.89 bits per heavy atom. The molecule has 1 aliphatic carbocycles. The Labute approximate surface area is 161 Å². The maximum atomic E-state index is 14.6. The summed E-state index contributed by atoms with van der Waals surface area (Å²) < 4.78 is 52.3. The second kappa shape index (κ2) is 6.60. The first kappa shape index (κ1) is 18.4. The van der Waals surface area contributed by atoms with E-state index in [1.807, 2.05) is 0 Å². The Kier molecular flexibility index (Phi) is 4.51. The second-order valence-electron chi connectivity index (χ2n) is 7.24. The summed E-state index contributed by atoms with van der Waals surface area (Å²) in [6.45, 7) is 0. The summed E-state index contributed by atoms with van der Waals surface area (Å²) >= 11 is 5.89. The van der Waals surface area contributed by atoms with E-state index in [2.05, 4.69) is 4.98 Å². The smallest absolute Gasteiger partial charge is 0.151 e. The van der Waals surface area contributed by atoms with E-state index >= 15 is 0 Å². The summed E-state index contributed by atoms with van der Waals surface area (Å²) in [5.41, 5.74) is 1.98. The first-order valence-corrected chi connectivity index (χ1v) is 11.1. The summed E-state index contributed by atoms with van der Waals surface area (Å²) in [5, 5.41) is 1.06. The minimum absolute atomic E-state index is 0.118. The van der Waals surface area contributed by atoms with Gasteiger partial charge in [0.05, 0.1) is 11.3 Å². The molecule has 1 aromatic heterocycles. The van der Waals surface area contributed by atoms with E-state index in [0.717, 1.165) is 30.0 Å². The topological polar surface area (TPSA) is 49.9 Å². The number of hydrogen-bond donors (Lipinski definition) is 1. The zero-order chi connectivity index (χ0) is 19.3. The number of hydrogen-bond acceptors (Lipinski definition) is 2. The number of halogens is 3. The minimum Gasteiger partial charge on any atom is -0.361 e. The van der Waals surface area contributed by atoms with Crippen molar-refractivity contribution in [3.63, 3.8) is 0 Å². The fourth-order valence-corrected chi connectivity index (χ4v) is 4.74. The Hall–Kier alpha value is -1.92. The third kappa shape index (κ3) is 3.60. The van der Waals surface area contributed by atoms with Gasteiger partial charge < -0.3 is 4.98 Å². The van der Waals surface area contributed by atoms with Crippen molar-refractivity contribution >= 4 is 32.3 Å². The van der Waals surface area contributed by atoms with Gasteiger partial charge in [0.15, 0.2) is 9.84 Å². The third-order valence-corrected chi connectivity index (χ3v) is 6.12. The summed E-state index contributed by atoms with van der Waals surface area (Å²) in [6, 6.07) is 7.57. The molecular weight excluding hydrogens is 392 g/mol. The van der Waals surface area contributed by atoms with Gasteiger partial charge in [-0.2, -0.15) is 0 Å². The van der Waals surface area contributed by atoms with Crippen LogP contribution in [0, 0.1) is 17.6 Å². The number of benzene rings is 2. The van der Waals surface area contributed by atoms with Crippen molar-refractivity contribution < 1.29 is 17.2 Å². The molecule has 0 radical (unpaired) electrons. The van der Waals surface area contributed by atoms with Crippen molar-refractivity contribution in [3.05, 3.63) is 69.9 Å². The monoisotopic (exact) mass is 409 g/mol. The molecule has 3 aromatic rings. The molecule has 2 aromatic carbocycles. The fourth-order valence-electron chi connectivity index (χ4n) is 3.77. The first-order chi connectivity index (χ1) is 12.7. The van der Waals surface area contributed by atoms with Crippen LogP contribution < -0.4 is 0 Å². The average molecular weight is 410 g/mol. The van der Waals surface area contributed by atoms with Crippen LogP contribution in [0.5, 0.6) is 0 Å². The molecule has 1 aliphatic rings. The van der Waals surface area contributed by atoms with Crippen LogP contribution in [-0.2, 0) is 15.6 Å². The van der Waals surface area contributed by atoms with Gasteiger partial charge in [-0.25, -0.2) is 17.2 Å². The van der Waals surface area contributed by atoms with Gasteiger partial charge in [0, 0.05) is 34.3 Å². The van der Waals surface area contributed by atoms with Crippen LogP contribution in [0.25, 0.3) is 10.9 Å². The van der Waals surface area contributed by atoms with Crippen LogP contribution in [-0.4, -0.2) is 19.7 Å². The van der Waals surface area contributed by atoms with Crippen LogP contribution in [0.3, 0.4) is 0 Å². The predicted octanol–water partition coefficient (Wildman–Crippen LogP) is 5.19. The van der Waals surface area contributed by atoms with Crippen molar-refractivity contribution in [1.82, 2.24) is 4.98 Å². The quantitative estimate of drug-likeness (QED) is 0.630. The highest BCUT2D eigenvalue weighted by Gasteiger charge is 2.36. The van der Waals surface area contributed by atoms with Crippen molar-refractivity contribution in [1.29, 1.82) is 0 Å². The van der Waals surface area contributed by atoms with Crippen LogP contribution in [0.4, 0.5) is 8.78 Å². The lowest BCUT2D eigenvalue weighted by molar-refractivity contribution is 0.580. The zero-order valence-electron chi connectivity index (χ0n) is 14.6. The highest BCUT2D eigenvalue weighted by Crippen LogP contribution is 2.49. The summed E-state index contributed by atoms with van der Waals surface area (Å²) in [7, 11) is -3.40. The Morgan fingerprint density at radius 3 is 2.52 bits per heavy atom. The number of nitrogens with one attached hydrogen (secondary N) is 1. The van der Waals surface area contributed by atoms with Crippen LogP contribution in [0.15, 0.2) is 36.5 Å². The molecule has 142 valence electrons.